The first-order valence-corrected chi connectivity index (χ1v) is 12.0. The molecule has 1 atom stereocenters. The lowest BCUT2D eigenvalue weighted by molar-refractivity contribution is -0.116. The number of amides is 2. The number of halogens is 1. The normalized spacial score (nSPS) is 12.9. The molecule has 0 saturated carbocycles. The summed E-state index contributed by atoms with van der Waals surface area (Å²) in [5.74, 6) is -1.49. The molecule has 0 aliphatic heterocycles. The minimum atomic E-state index is -1.10. The number of carbonyl (C=O) groups is 3. The molecule has 7 nitrogen and oxygen atoms in total. The fourth-order valence-corrected chi connectivity index (χ4v) is 4.97. The highest BCUT2D eigenvalue weighted by Gasteiger charge is 2.29. The number of fused-ring (bicyclic) bond motifs is 3. The third-order valence-electron chi connectivity index (χ3n) is 6.02. The van der Waals surface area contributed by atoms with Crippen molar-refractivity contribution < 1.29 is 24.2 Å². The molecular weight excluding hydrogens is 512 g/mol. The van der Waals surface area contributed by atoms with Gasteiger partial charge in [-0.1, -0.05) is 48.5 Å². The molecule has 0 heterocycles. The van der Waals surface area contributed by atoms with E-state index in [9.17, 15) is 19.5 Å². The van der Waals surface area contributed by atoms with Crippen LogP contribution in [0.15, 0.2) is 65.1 Å². The van der Waals surface area contributed by atoms with Crippen molar-refractivity contribution in [3.63, 3.8) is 0 Å². The van der Waals surface area contributed by atoms with Gasteiger partial charge in [-0.25, -0.2) is 9.59 Å². The average Bonchev–Trinajstić information content (AvgIpc) is 3.13. The Morgan fingerprint density at radius 2 is 1.63 bits per heavy atom. The van der Waals surface area contributed by atoms with Gasteiger partial charge < -0.3 is 20.5 Å². The van der Waals surface area contributed by atoms with Crippen LogP contribution in [0, 0.1) is 6.92 Å². The standard InChI is InChI=1S/C27H25BrN2O5/c1-15-11-23(28)21(26(32)33)13-24(15)30-25(31)12-16(2)29-27(34)35-14-22-19-9-5-3-7-17(19)18-8-4-6-10-20(18)22/h3-11,13,16,22H,12,14H2,1-2H3,(H,29,34)(H,30,31)(H,32,33)/t16-/m1/s1. The Kier molecular flexibility index (Phi) is 7.21. The largest absolute Gasteiger partial charge is 0.478 e. The van der Waals surface area contributed by atoms with Crippen LogP contribution in [-0.2, 0) is 9.53 Å². The number of alkyl carbamates (subject to hydrolysis) is 1. The molecule has 0 spiro atoms. The second-order valence-electron chi connectivity index (χ2n) is 8.58. The number of ether oxygens (including phenoxy) is 1. The quantitative estimate of drug-likeness (QED) is 0.358. The summed E-state index contributed by atoms with van der Waals surface area (Å²) in [6, 6.07) is 18.7. The van der Waals surface area contributed by atoms with Gasteiger partial charge in [0, 0.05) is 28.5 Å². The van der Waals surface area contributed by atoms with Crippen molar-refractivity contribution in [3.8, 4) is 11.1 Å². The number of aromatic carboxylic acids is 1. The lowest BCUT2D eigenvalue weighted by Crippen LogP contribution is -2.36. The molecule has 8 heteroatoms. The van der Waals surface area contributed by atoms with Crippen molar-refractivity contribution in [3.05, 3.63) is 87.4 Å². The van der Waals surface area contributed by atoms with Crippen LogP contribution in [0.1, 0.15) is 46.3 Å². The van der Waals surface area contributed by atoms with Crippen molar-refractivity contribution in [2.24, 2.45) is 0 Å². The van der Waals surface area contributed by atoms with Gasteiger partial charge in [0.2, 0.25) is 5.91 Å². The molecule has 2 amide bonds. The van der Waals surface area contributed by atoms with Crippen LogP contribution in [-0.4, -0.2) is 35.7 Å². The Balaban J connectivity index is 1.32. The van der Waals surface area contributed by atoms with E-state index in [-0.39, 0.29) is 30.4 Å². The third kappa shape index (κ3) is 5.38. The number of anilines is 1. The number of aryl methyl sites for hydroxylation is 1. The first-order valence-electron chi connectivity index (χ1n) is 11.2. The van der Waals surface area contributed by atoms with E-state index in [0.717, 1.165) is 22.3 Å². The van der Waals surface area contributed by atoms with Gasteiger partial charge in [-0.3, -0.25) is 4.79 Å². The fourth-order valence-electron chi connectivity index (χ4n) is 4.34. The minimum Gasteiger partial charge on any atom is -0.478 e. The molecule has 0 unspecified atom stereocenters. The summed E-state index contributed by atoms with van der Waals surface area (Å²) < 4.78 is 5.97. The van der Waals surface area contributed by atoms with Crippen molar-refractivity contribution in [2.75, 3.05) is 11.9 Å². The molecule has 3 aromatic rings. The molecule has 1 aliphatic rings. The zero-order valence-electron chi connectivity index (χ0n) is 19.3. The van der Waals surface area contributed by atoms with E-state index in [1.165, 1.54) is 6.07 Å². The predicted octanol–water partition coefficient (Wildman–Crippen LogP) is 5.71. The summed E-state index contributed by atoms with van der Waals surface area (Å²) in [6.45, 7) is 3.66. The first-order chi connectivity index (χ1) is 16.7. The Morgan fingerprint density at radius 1 is 1.03 bits per heavy atom. The number of carboxylic acids is 1. The molecule has 4 rings (SSSR count). The van der Waals surface area contributed by atoms with Crippen molar-refractivity contribution in [1.29, 1.82) is 0 Å². The summed E-state index contributed by atoms with van der Waals surface area (Å²) in [5, 5.41) is 14.7. The zero-order valence-corrected chi connectivity index (χ0v) is 20.9. The highest BCUT2D eigenvalue weighted by molar-refractivity contribution is 9.10. The predicted molar refractivity (Wildman–Crippen MR) is 137 cm³/mol. The van der Waals surface area contributed by atoms with Gasteiger partial charge in [-0.2, -0.15) is 0 Å². The minimum absolute atomic E-state index is 0.00209. The Morgan fingerprint density at radius 3 is 2.23 bits per heavy atom. The van der Waals surface area contributed by atoms with Crippen molar-refractivity contribution >= 4 is 39.6 Å². The SMILES string of the molecule is Cc1cc(Br)c(C(=O)O)cc1NC(=O)C[C@@H](C)NC(=O)OCC1c2ccccc2-c2ccccc21. The summed E-state index contributed by atoms with van der Waals surface area (Å²) in [7, 11) is 0. The number of hydrogen-bond acceptors (Lipinski definition) is 4. The maximum atomic E-state index is 12.5. The summed E-state index contributed by atoms with van der Waals surface area (Å²) in [6.07, 6.45) is -0.595. The second kappa shape index (κ2) is 10.3. The average molecular weight is 537 g/mol. The van der Waals surface area contributed by atoms with Crippen LogP contribution < -0.4 is 10.6 Å². The fraction of sp³-hybridized carbons (Fsp3) is 0.222. The van der Waals surface area contributed by atoms with Crippen LogP contribution in [0.2, 0.25) is 0 Å². The van der Waals surface area contributed by atoms with Gasteiger partial charge in [0.1, 0.15) is 6.61 Å². The van der Waals surface area contributed by atoms with Gasteiger partial charge in [0.15, 0.2) is 0 Å². The zero-order chi connectivity index (χ0) is 25.1. The molecule has 180 valence electrons. The highest BCUT2D eigenvalue weighted by Crippen LogP contribution is 2.44. The van der Waals surface area contributed by atoms with Crippen LogP contribution >= 0.6 is 15.9 Å². The van der Waals surface area contributed by atoms with E-state index in [0.29, 0.717) is 15.7 Å². The number of hydrogen-bond donors (Lipinski definition) is 3. The molecule has 0 radical (unpaired) electrons. The Labute approximate surface area is 211 Å². The van der Waals surface area contributed by atoms with E-state index in [1.54, 1.807) is 19.9 Å². The summed E-state index contributed by atoms with van der Waals surface area (Å²) in [4.78, 5) is 36.3. The molecular formula is C27H25BrN2O5. The monoisotopic (exact) mass is 536 g/mol. The van der Waals surface area contributed by atoms with E-state index in [1.807, 2.05) is 36.4 Å². The van der Waals surface area contributed by atoms with E-state index in [4.69, 9.17) is 4.74 Å². The first kappa shape index (κ1) is 24.5. The van der Waals surface area contributed by atoms with Gasteiger partial charge in [0.05, 0.1) is 5.56 Å². The van der Waals surface area contributed by atoms with Gasteiger partial charge in [-0.15, -0.1) is 0 Å². The Hall–Kier alpha value is -3.65. The van der Waals surface area contributed by atoms with Crippen LogP contribution in [0.25, 0.3) is 11.1 Å². The van der Waals surface area contributed by atoms with E-state index >= 15 is 0 Å². The molecule has 3 N–H and O–H groups in total. The van der Waals surface area contributed by atoms with Crippen LogP contribution in [0.4, 0.5) is 10.5 Å². The van der Waals surface area contributed by atoms with Gasteiger partial charge >= 0.3 is 12.1 Å². The summed E-state index contributed by atoms with van der Waals surface area (Å²) in [5.41, 5.74) is 5.72. The van der Waals surface area contributed by atoms with Gasteiger partial charge in [0.25, 0.3) is 0 Å². The van der Waals surface area contributed by atoms with Crippen LogP contribution in [0.5, 0.6) is 0 Å². The number of carbonyl (C=O) groups excluding carboxylic acids is 2. The third-order valence-corrected chi connectivity index (χ3v) is 6.67. The molecule has 0 fully saturated rings. The molecule has 1 aliphatic carbocycles. The Bertz CT molecular complexity index is 1260. The molecule has 35 heavy (non-hydrogen) atoms. The van der Waals surface area contributed by atoms with E-state index < -0.39 is 18.1 Å². The maximum Gasteiger partial charge on any atom is 0.407 e. The molecule has 0 saturated heterocycles. The lowest BCUT2D eigenvalue weighted by Gasteiger charge is -2.17. The second-order valence-corrected chi connectivity index (χ2v) is 9.43. The van der Waals surface area contributed by atoms with E-state index in [2.05, 4.69) is 38.7 Å². The molecule has 3 aromatic carbocycles. The number of carboxylic acid groups (broad SMARTS) is 1. The molecule has 0 aromatic heterocycles. The maximum absolute atomic E-state index is 12.5. The topological polar surface area (TPSA) is 105 Å². The number of rotatable bonds is 7. The number of nitrogens with one attached hydrogen (secondary N) is 2. The highest BCUT2D eigenvalue weighted by atomic mass is 79.9. The van der Waals surface area contributed by atoms with Gasteiger partial charge in [-0.05, 0) is 69.7 Å². The number of benzene rings is 3. The lowest BCUT2D eigenvalue weighted by atomic mass is 9.98. The van der Waals surface area contributed by atoms with Crippen LogP contribution in [0.3, 0.4) is 0 Å². The van der Waals surface area contributed by atoms with Crippen molar-refractivity contribution in [2.45, 2.75) is 32.2 Å². The smallest absolute Gasteiger partial charge is 0.407 e. The molecule has 0 bridgehead atoms. The summed E-state index contributed by atoms with van der Waals surface area (Å²) >= 11 is 3.22. The van der Waals surface area contributed by atoms with Crippen molar-refractivity contribution in [1.82, 2.24) is 5.32 Å².